The molecule has 1 aromatic carbocycles. The first-order valence-corrected chi connectivity index (χ1v) is 18.1. The standard InChI is InChI=1S/C37H45ClN8O4/c1-43-22-27(19-28(23-43)41-30-21-40-44(2)36(50)33(30)38)24-3-5-25(6-4-24)35(49)46-17-13-37(14-18-46)11-15-45(16-12-37)31-9-7-26(20-39-31)29-8-10-32(47)42-34(29)48/h3-7,9,20-21,27-29,41H,8,10-19,22-23H2,1-2H3,(H,42,47,48)/t27-,28+,29?/m1/s1. The van der Waals surface area contributed by atoms with Crippen LogP contribution >= 0.6 is 11.6 Å². The molecule has 50 heavy (non-hydrogen) atoms. The van der Waals surface area contributed by atoms with E-state index in [2.05, 4.69) is 49.7 Å². The number of pyridine rings is 1. The van der Waals surface area contributed by atoms with Crippen molar-refractivity contribution in [3.63, 3.8) is 0 Å². The van der Waals surface area contributed by atoms with Crippen molar-refractivity contribution in [2.24, 2.45) is 12.5 Å². The second-order valence-electron chi connectivity index (χ2n) is 14.7. The zero-order valence-electron chi connectivity index (χ0n) is 28.7. The van der Waals surface area contributed by atoms with E-state index < -0.39 is 0 Å². The van der Waals surface area contributed by atoms with Crippen LogP contribution in [0.2, 0.25) is 5.02 Å². The number of anilines is 2. The predicted molar refractivity (Wildman–Crippen MR) is 192 cm³/mol. The summed E-state index contributed by atoms with van der Waals surface area (Å²) in [5.41, 5.74) is 3.25. The minimum atomic E-state index is -0.322. The molecule has 3 amide bonds. The Bertz CT molecular complexity index is 1800. The van der Waals surface area contributed by atoms with Crippen LogP contribution in [0.5, 0.6) is 0 Å². The molecular weight excluding hydrogens is 656 g/mol. The molecule has 4 fully saturated rings. The minimum absolute atomic E-state index is 0.0947. The molecule has 0 radical (unpaired) electrons. The smallest absolute Gasteiger partial charge is 0.287 e. The Hall–Kier alpha value is -4.29. The second kappa shape index (κ2) is 14.1. The lowest BCUT2D eigenvalue weighted by Gasteiger charge is -2.47. The maximum Gasteiger partial charge on any atom is 0.287 e. The molecule has 1 unspecified atom stereocenters. The molecule has 0 aliphatic carbocycles. The number of likely N-dealkylation sites (N-methyl/N-ethyl adjacent to an activating group) is 1. The molecule has 3 aromatic rings. The van der Waals surface area contributed by atoms with Crippen molar-refractivity contribution in [2.45, 2.75) is 62.8 Å². The summed E-state index contributed by atoms with van der Waals surface area (Å²) in [7, 11) is 3.67. The van der Waals surface area contributed by atoms with E-state index in [4.69, 9.17) is 11.6 Å². The van der Waals surface area contributed by atoms with Crippen LogP contribution in [0.25, 0.3) is 0 Å². The van der Waals surface area contributed by atoms with E-state index in [1.54, 1.807) is 19.4 Å². The van der Waals surface area contributed by atoms with Gasteiger partial charge in [0, 0.05) is 70.5 Å². The number of aromatic nitrogens is 3. The van der Waals surface area contributed by atoms with Crippen molar-refractivity contribution >= 4 is 40.8 Å². The summed E-state index contributed by atoms with van der Waals surface area (Å²) < 4.78 is 1.23. The monoisotopic (exact) mass is 700 g/mol. The number of hydrogen-bond donors (Lipinski definition) is 2. The van der Waals surface area contributed by atoms with E-state index >= 15 is 0 Å². The van der Waals surface area contributed by atoms with E-state index in [0.717, 1.165) is 88.3 Å². The van der Waals surface area contributed by atoms with Gasteiger partial charge in [0.1, 0.15) is 10.8 Å². The van der Waals surface area contributed by atoms with Gasteiger partial charge in [0.05, 0.1) is 17.8 Å². The van der Waals surface area contributed by atoms with Crippen LogP contribution in [-0.2, 0) is 16.6 Å². The molecule has 6 heterocycles. The van der Waals surface area contributed by atoms with Crippen molar-refractivity contribution in [1.82, 2.24) is 29.9 Å². The first-order chi connectivity index (χ1) is 24.1. The summed E-state index contributed by atoms with van der Waals surface area (Å²) in [6.45, 7) is 5.09. The van der Waals surface area contributed by atoms with Crippen LogP contribution in [0.3, 0.4) is 0 Å². The van der Waals surface area contributed by atoms with E-state index in [1.165, 1.54) is 10.2 Å². The van der Waals surface area contributed by atoms with Gasteiger partial charge in [-0.25, -0.2) is 9.67 Å². The molecule has 0 saturated carbocycles. The van der Waals surface area contributed by atoms with Gasteiger partial charge in [0.15, 0.2) is 0 Å². The molecular formula is C37H45ClN8O4. The van der Waals surface area contributed by atoms with Gasteiger partial charge in [-0.3, -0.25) is 24.5 Å². The normalized spacial score (nSPS) is 24.3. The Labute approximate surface area is 297 Å². The van der Waals surface area contributed by atoms with Crippen molar-refractivity contribution in [3.8, 4) is 0 Å². The third-order valence-electron chi connectivity index (χ3n) is 11.4. The summed E-state index contributed by atoms with van der Waals surface area (Å²) in [4.78, 5) is 60.9. The fourth-order valence-electron chi connectivity index (χ4n) is 8.27. The van der Waals surface area contributed by atoms with Gasteiger partial charge in [0.25, 0.3) is 11.5 Å². The number of rotatable bonds is 6. The van der Waals surface area contributed by atoms with Crippen molar-refractivity contribution in [2.75, 3.05) is 56.5 Å². The topological polar surface area (TPSA) is 133 Å². The quantitative estimate of drug-likeness (QED) is 0.369. The van der Waals surface area contributed by atoms with Gasteiger partial charge >= 0.3 is 0 Å². The van der Waals surface area contributed by atoms with Crippen molar-refractivity contribution in [1.29, 1.82) is 0 Å². The largest absolute Gasteiger partial charge is 0.378 e. The van der Waals surface area contributed by atoms with Gasteiger partial charge in [-0.05, 0) is 86.2 Å². The number of nitrogens with one attached hydrogen (secondary N) is 2. The van der Waals surface area contributed by atoms with Crippen molar-refractivity contribution in [3.05, 3.63) is 80.9 Å². The Morgan fingerprint density at radius 3 is 2.30 bits per heavy atom. The lowest BCUT2D eigenvalue weighted by molar-refractivity contribution is -0.134. The highest BCUT2D eigenvalue weighted by molar-refractivity contribution is 6.32. The highest BCUT2D eigenvalue weighted by Crippen LogP contribution is 2.42. The molecule has 1 spiro atoms. The fraction of sp³-hybridized carbons (Fsp3) is 0.514. The third kappa shape index (κ3) is 7.14. The Morgan fingerprint density at radius 1 is 0.920 bits per heavy atom. The summed E-state index contributed by atoms with van der Waals surface area (Å²) in [6.07, 6.45) is 9.27. The number of carbonyl (C=O) groups excluding carboxylic acids is 3. The predicted octanol–water partition coefficient (Wildman–Crippen LogP) is 3.77. The van der Waals surface area contributed by atoms with E-state index in [1.807, 2.05) is 29.2 Å². The van der Waals surface area contributed by atoms with Gasteiger partial charge in [-0.1, -0.05) is 29.8 Å². The van der Waals surface area contributed by atoms with Crippen LogP contribution in [0, 0.1) is 5.41 Å². The number of imide groups is 1. The molecule has 4 saturated heterocycles. The molecule has 264 valence electrons. The Morgan fingerprint density at radius 2 is 1.62 bits per heavy atom. The number of halogens is 1. The molecule has 3 atom stereocenters. The number of benzene rings is 1. The highest BCUT2D eigenvalue weighted by atomic mass is 35.5. The fourth-order valence-corrected chi connectivity index (χ4v) is 8.50. The zero-order valence-corrected chi connectivity index (χ0v) is 29.5. The molecule has 7 rings (SSSR count). The third-order valence-corrected chi connectivity index (χ3v) is 11.7. The number of aryl methyl sites for hydroxylation is 1. The minimum Gasteiger partial charge on any atom is -0.378 e. The number of hydrogen-bond acceptors (Lipinski definition) is 9. The van der Waals surface area contributed by atoms with Gasteiger partial charge in [-0.15, -0.1) is 0 Å². The van der Waals surface area contributed by atoms with Gasteiger partial charge in [0.2, 0.25) is 11.8 Å². The average molecular weight is 701 g/mol. The summed E-state index contributed by atoms with van der Waals surface area (Å²) >= 11 is 6.32. The molecule has 4 aliphatic rings. The summed E-state index contributed by atoms with van der Waals surface area (Å²) in [6, 6.07) is 12.2. The maximum atomic E-state index is 13.6. The summed E-state index contributed by atoms with van der Waals surface area (Å²) in [5, 5.41) is 10.1. The first-order valence-electron chi connectivity index (χ1n) is 17.7. The highest BCUT2D eigenvalue weighted by Gasteiger charge is 2.39. The molecule has 2 N–H and O–H groups in total. The van der Waals surface area contributed by atoms with E-state index in [9.17, 15) is 19.2 Å². The SMILES string of the molecule is CN1C[C@@H](Nc2cnn(C)c(=O)c2Cl)C[C@@H](c2ccc(C(=O)N3CCC4(CC3)CCN(c3ccc(C5CCC(=O)NC5=O)cn3)CC4)cc2)C1. The van der Waals surface area contributed by atoms with E-state index in [-0.39, 0.29) is 51.6 Å². The van der Waals surface area contributed by atoms with E-state index in [0.29, 0.717) is 18.5 Å². The van der Waals surface area contributed by atoms with Crippen LogP contribution in [-0.4, -0.2) is 94.6 Å². The zero-order chi connectivity index (χ0) is 35.0. The number of amides is 3. The second-order valence-corrected chi connectivity index (χ2v) is 15.0. The molecule has 13 heteroatoms. The molecule has 2 aromatic heterocycles. The lowest BCUT2D eigenvalue weighted by atomic mass is 9.71. The molecule has 0 bridgehead atoms. The average Bonchev–Trinajstić information content (AvgIpc) is 3.12. The lowest BCUT2D eigenvalue weighted by Crippen LogP contribution is -2.48. The first kappa shape index (κ1) is 34.2. The van der Waals surface area contributed by atoms with Crippen LogP contribution in [0.1, 0.15) is 78.3 Å². The molecule has 4 aliphatic heterocycles. The van der Waals surface area contributed by atoms with Gasteiger partial charge in [-0.2, -0.15) is 5.10 Å². The molecule has 12 nitrogen and oxygen atoms in total. The van der Waals surface area contributed by atoms with Gasteiger partial charge < -0.3 is 20.0 Å². The number of piperidine rings is 4. The Balaban J connectivity index is 0.901. The van der Waals surface area contributed by atoms with Crippen LogP contribution in [0.4, 0.5) is 11.5 Å². The van der Waals surface area contributed by atoms with Crippen LogP contribution in [0.15, 0.2) is 53.6 Å². The number of nitrogens with zero attached hydrogens (tertiary/aromatic N) is 6. The maximum absolute atomic E-state index is 13.6. The summed E-state index contributed by atoms with van der Waals surface area (Å²) in [5.74, 6) is 0.516. The number of carbonyl (C=O) groups is 3. The number of likely N-dealkylation sites (tertiary alicyclic amines) is 2. The van der Waals surface area contributed by atoms with Crippen LogP contribution < -0.4 is 21.1 Å². The van der Waals surface area contributed by atoms with Crippen molar-refractivity contribution < 1.29 is 14.4 Å². The Kier molecular flexibility index (Phi) is 9.67.